The van der Waals surface area contributed by atoms with Crippen molar-refractivity contribution in [2.75, 3.05) is 5.32 Å². The molecule has 8 nitrogen and oxygen atoms in total. The Morgan fingerprint density at radius 2 is 1.67 bits per heavy atom. The number of nitrogens with zero attached hydrogens (tertiary/aromatic N) is 1. The van der Waals surface area contributed by atoms with Gasteiger partial charge in [0.1, 0.15) is 5.75 Å². The second-order valence-electron chi connectivity index (χ2n) is 8.10. The maximum Gasteiger partial charge on any atom is 0.319 e. The number of aromatic nitrogens is 1. The minimum absolute atomic E-state index is 0.272. The highest BCUT2D eigenvalue weighted by Crippen LogP contribution is 2.21. The zero-order chi connectivity index (χ0) is 24.1. The third-order valence-corrected chi connectivity index (χ3v) is 5.39. The SMILES string of the molecule is Cc1ccc([C@H](CC(=O)O)NC(=O)Nc2c(O)ccn(Cc3cc(C)ccc3C)c2=O)cc1. The van der Waals surface area contributed by atoms with Crippen LogP contribution in [0.2, 0.25) is 0 Å². The molecule has 0 radical (unpaired) electrons. The Labute approximate surface area is 191 Å². The van der Waals surface area contributed by atoms with Crippen LogP contribution in [0.1, 0.15) is 40.3 Å². The number of carbonyl (C=O) groups is 2. The first kappa shape index (κ1) is 23.6. The molecule has 0 saturated heterocycles. The molecule has 0 aliphatic carbocycles. The number of aromatic hydroxyl groups is 1. The summed E-state index contributed by atoms with van der Waals surface area (Å²) < 4.78 is 1.39. The number of rotatable bonds is 7. The van der Waals surface area contributed by atoms with Gasteiger partial charge < -0.3 is 25.4 Å². The first-order chi connectivity index (χ1) is 15.6. The molecule has 2 amide bonds. The molecule has 3 aromatic rings. The molecular weight excluding hydrogens is 422 g/mol. The van der Waals surface area contributed by atoms with Gasteiger partial charge in [0.2, 0.25) is 0 Å². The van der Waals surface area contributed by atoms with Crippen molar-refractivity contribution >= 4 is 17.7 Å². The van der Waals surface area contributed by atoms with Crippen molar-refractivity contribution in [1.29, 1.82) is 0 Å². The van der Waals surface area contributed by atoms with Crippen LogP contribution in [0.15, 0.2) is 59.5 Å². The molecule has 33 heavy (non-hydrogen) atoms. The van der Waals surface area contributed by atoms with E-state index in [1.165, 1.54) is 16.8 Å². The van der Waals surface area contributed by atoms with Crippen LogP contribution in [0, 0.1) is 20.8 Å². The summed E-state index contributed by atoms with van der Waals surface area (Å²) in [5, 5.41) is 24.4. The Balaban J connectivity index is 1.82. The van der Waals surface area contributed by atoms with Gasteiger partial charge in [-0.25, -0.2) is 4.79 Å². The van der Waals surface area contributed by atoms with E-state index in [4.69, 9.17) is 0 Å². The molecule has 0 spiro atoms. The number of pyridine rings is 1. The molecule has 1 atom stereocenters. The summed E-state index contributed by atoms with van der Waals surface area (Å²) in [6, 6.07) is 12.8. The van der Waals surface area contributed by atoms with E-state index in [9.17, 15) is 24.6 Å². The smallest absolute Gasteiger partial charge is 0.319 e. The average Bonchev–Trinajstić information content (AvgIpc) is 2.75. The fraction of sp³-hybridized carbons (Fsp3) is 0.240. The maximum atomic E-state index is 13.0. The number of benzene rings is 2. The van der Waals surface area contributed by atoms with E-state index in [1.807, 2.05) is 51.1 Å². The van der Waals surface area contributed by atoms with E-state index >= 15 is 0 Å². The van der Waals surface area contributed by atoms with Crippen molar-refractivity contribution in [2.45, 2.75) is 39.8 Å². The number of carboxylic acids is 1. The summed E-state index contributed by atoms with van der Waals surface area (Å²) in [7, 11) is 0. The Morgan fingerprint density at radius 1 is 1.00 bits per heavy atom. The van der Waals surface area contributed by atoms with E-state index in [2.05, 4.69) is 10.6 Å². The summed E-state index contributed by atoms with van der Waals surface area (Å²) in [5.74, 6) is -1.46. The Kier molecular flexibility index (Phi) is 7.17. The number of hydrogen-bond acceptors (Lipinski definition) is 4. The van der Waals surface area contributed by atoms with Gasteiger partial charge in [0.25, 0.3) is 5.56 Å². The van der Waals surface area contributed by atoms with Crippen LogP contribution < -0.4 is 16.2 Å². The lowest BCUT2D eigenvalue weighted by molar-refractivity contribution is -0.137. The molecule has 172 valence electrons. The fourth-order valence-corrected chi connectivity index (χ4v) is 3.49. The Bertz CT molecular complexity index is 1230. The fourth-order valence-electron chi connectivity index (χ4n) is 3.49. The van der Waals surface area contributed by atoms with Crippen molar-refractivity contribution in [1.82, 2.24) is 9.88 Å². The molecule has 0 aliphatic heterocycles. The average molecular weight is 450 g/mol. The van der Waals surface area contributed by atoms with Crippen LogP contribution in [0.5, 0.6) is 5.75 Å². The summed E-state index contributed by atoms with van der Waals surface area (Å²) in [5.41, 5.74) is 3.77. The summed E-state index contributed by atoms with van der Waals surface area (Å²) in [6.07, 6.45) is 1.12. The summed E-state index contributed by atoms with van der Waals surface area (Å²) >= 11 is 0. The van der Waals surface area contributed by atoms with Crippen molar-refractivity contribution < 1.29 is 19.8 Å². The highest BCUT2D eigenvalue weighted by Gasteiger charge is 2.20. The van der Waals surface area contributed by atoms with Gasteiger partial charge >= 0.3 is 12.0 Å². The lowest BCUT2D eigenvalue weighted by Gasteiger charge is -2.19. The van der Waals surface area contributed by atoms with Crippen LogP contribution in [0.4, 0.5) is 10.5 Å². The minimum Gasteiger partial charge on any atom is -0.505 e. The van der Waals surface area contributed by atoms with Gasteiger partial charge in [-0.2, -0.15) is 0 Å². The van der Waals surface area contributed by atoms with Crippen LogP contribution >= 0.6 is 0 Å². The zero-order valence-corrected chi connectivity index (χ0v) is 18.8. The van der Waals surface area contributed by atoms with Crippen LogP contribution in [0.3, 0.4) is 0 Å². The topological polar surface area (TPSA) is 121 Å². The third kappa shape index (κ3) is 6.00. The van der Waals surface area contributed by atoms with Gasteiger partial charge in [0.05, 0.1) is 19.0 Å². The van der Waals surface area contributed by atoms with Gasteiger partial charge in [-0.1, -0.05) is 53.6 Å². The predicted molar refractivity (Wildman–Crippen MR) is 126 cm³/mol. The molecule has 0 fully saturated rings. The number of urea groups is 1. The van der Waals surface area contributed by atoms with Gasteiger partial charge in [0.15, 0.2) is 5.69 Å². The minimum atomic E-state index is -1.08. The van der Waals surface area contributed by atoms with Crippen LogP contribution in [0.25, 0.3) is 0 Å². The molecule has 0 bridgehead atoms. The molecule has 2 aromatic carbocycles. The largest absolute Gasteiger partial charge is 0.505 e. The van der Waals surface area contributed by atoms with Crippen LogP contribution in [-0.2, 0) is 11.3 Å². The summed E-state index contributed by atoms with van der Waals surface area (Å²) in [4.78, 5) is 36.9. The first-order valence-corrected chi connectivity index (χ1v) is 10.5. The molecule has 4 N–H and O–H groups in total. The molecule has 1 aromatic heterocycles. The second-order valence-corrected chi connectivity index (χ2v) is 8.10. The predicted octanol–water partition coefficient (Wildman–Crippen LogP) is 3.86. The van der Waals surface area contributed by atoms with Gasteiger partial charge in [0, 0.05) is 6.20 Å². The van der Waals surface area contributed by atoms with Gasteiger partial charge in [-0.3, -0.25) is 9.59 Å². The number of hydrogen-bond donors (Lipinski definition) is 4. The lowest BCUT2D eigenvalue weighted by Crippen LogP contribution is -2.36. The molecular formula is C25H27N3O5. The lowest BCUT2D eigenvalue weighted by atomic mass is 10.0. The van der Waals surface area contributed by atoms with Crippen molar-refractivity contribution in [2.24, 2.45) is 0 Å². The number of nitrogens with one attached hydrogen (secondary N) is 2. The quantitative estimate of drug-likeness (QED) is 0.436. The molecule has 8 heteroatoms. The van der Waals surface area contributed by atoms with Gasteiger partial charge in [-0.15, -0.1) is 0 Å². The number of carbonyl (C=O) groups excluding carboxylic acids is 1. The number of aryl methyl sites for hydroxylation is 3. The highest BCUT2D eigenvalue weighted by molar-refractivity contribution is 5.91. The monoisotopic (exact) mass is 449 g/mol. The number of aliphatic carboxylic acids is 1. The van der Waals surface area contributed by atoms with Crippen molar-refractivity contribution in [3.63, 3.8) is 0 Å². The van der Waals surface area contributed by atoms with Crippen LogP contribution in [-0.4, -0.2) is 26.8 Å². The van der Waals surface area contributed by atoms with Gasteiger partial charge in [-0.05, 0) is 43.5 Å². The van der Waals surface area contributed by atoms with E-state index in [0.717, 1.165) is 22.3 Å². The van der Waals surface area contributed by atoms with Crippen molar-refractivity contribution in [3.05, 3.63) is 92.9 Å². The molecule has 1 heterocycles. The number of anilines is 1. The Morgan fingerprint density at radius 3 is 2.33 bits per heavy atom. The maximum absolute atomic E-state index is 13.0. The summed E-state index contributed by atoms with van der Waals surface area (Å²) in [6.45, 7) is 6.08. The molecule has 0 unspecified atom stereocenters. The Hall–Kier alpha value is -4.07. The number of carboxylic acid groups (broad SMARTS) is 1. The normalized spacial score (nSPS) is 11.6. The number of amides is 2. The van der Waals surface area contributed by atoms with E-state index in [0.29, 0.717) is 5.56 Å². The molecule has 0 saturated carbocycles. The third-order valence-electron chi connectivity index (χ3n) is 5.39. The zero-order valence-electron chi connectivity index (χ0n) is 18.8. The molecule has 0 aliphatic rings. The van der Waals surface area contributed by atoms with E-state index in [1.54, 1.807) is 12.1 Å². The van der Waals surface area contributed by atoms with E-state index < -0.39 is 23.6 Å². The second kappa shape index (κ2) is 10.0. The van der Waals surface area contributed by atoms with Crippen molar-refractivity contribution in [3.8, 4) is 5.75 Å². The highest BCUT2D eigenvalue weighted by atomic mass is 16.4. The standard InChI is InChI=1S/C25H27N3O5/c1-15-5-8-18(9-6-15)20(13-22(30)31)26-25(33)27-23-21(29)10-11-28(24(23)32)14-19-12-16(2)4-7-17(19)3/h4-12,20,29H,13-14H2,1-3H3,(H,30,31)(H2,26,27,33)/t20-/m0/s1. The first-order valence-electron chi connectivity index (χ1n) is 10.5. The molecule has 3 rings (SSSR count). The van der Waals surface area contributed by atoms with E-state index in [-0.39, 0.29) is 24.4 Å².